The van der Waals surface area contributed by atoms with Crippen LogP contribution in [0.4, 0.5) is 4.39 Å². The van der Waals surface area contributed by atoms with Crippen molar-refractivity contribution in [1.82, 2.24) is 5.32 Å². The van der Waals surface area contributed by atoms with E-state index in [2.05, 4.69) is 10.3 Å². The van der Waals surface area contributed by atoms with Gasteiger partial charge in [-0.05, 0) is 55.7 Å². The summed E-state index contributed by atoms with van der Waals surface area (Å²) in [4.78, 5) is 28.5. The number of nitrogens with zero attached hydrogens (tertiary/aromatic N) is 1. The largest absolute Gasteiger partial charge is 0.352 e. The first kappa shape index (κ1) is 17.0. The number of halogens is 1. The SMILES string of the molecule is Cc1ccc(C)c2c1=CC(CCNC(=O)c1ccc(F)cc1)C(=O)N=2. The van der Waals surface area contributed by atoms with Gasteiger partial charge in [-0.2, -0.15) is 0 Å². The van der Waals surface area contributed by atoms with E-state index >= 15 is 0 Å². The fraction of sp³-hybridized carbons (Fsp3) is 0.250. The zero-order valence-electron chi connectivity index (χ0n) is 14.2. The number of benzene rings is 2. The van der Waals surface area contributed by atoms with E-state index in [0.29, 0.717) is 18.5 Å². The number of carbonyl (C=O) groups excluding carboxylic acids is 2. The van der Waals surface area contributed by atoms with Crippen LogP contribution in [-0.2, 0) is 4.79 Å². The van der Waals surface area contributed by atoms with Crippen LogP contribution in [0.15, 0.2) is 41.4 Å². The molecule has 0 saturated heterocycles. The minimum Gasteiger partial charge on any atom is -0.352 e. The maximum Gasteiger partial charge on any atom is 0.253 e. The molecule has 0 aromatic heterocycles. The molecule has 1 atom stereocenters. The van der Waals surface area contributed by atoms with Gasteiger partial charge in [0.2, 0.25) is 0 Å². The fourth-order valence-corrected chi connectivity index (χ4v) is 2.89. The van der Waals surface area contributed by atoms with Crippen molar-refractivity contribution in [2.45, 2.75) is 20.3 Å². The van der Waals surface area contributed by atoms with Crippen molar-refractivity contribution in [3.05, 3.63) is 69.5 Å². The molecule has 1 heterocycles. The monoisotopic (exact) mass is 338 g/mol. The van der Waals surface area contributed by atoms with Crippen LogP contribution in [0.25, 0.3) is 6.08 Å². The van der Waals surface area contributed by atoms with Crippen LogP contribution < -0.4 is 15.9 Å². The zero-order valence-corrected chi connectivity index (χ0v) is 14.2. The Labute approximate surface area is 145 Å². The van der Waals surface area contributed by atoms with E-state index in [4.69, 9.17) is 0 Å². The zero-order chi connectivity index (χ0) is 18.0. The molecule has 5 heteroatoms. The van der Waals surface area contributed by atoms with Crippen LogP contribution in [0.2, 0.25) is 0 Å². The number of fused-ring (bicyclic) bond motifs is 1. The first-order valence-corrected chi connectivity index (χ1v) is 8.20. The Balaban J connectivity index is 1.68. The number of rotatable bonds is 4. The minimum atomic E-state index is -0.384. The second kappa shape index (κ2) is 6.97. The van der Waals surface area contributed by atoms with Gasteiger partial charge < -0.3 is 5.32 Å². The van der Waals surface area contributed by atoms with Gasteiger partial charge in [0, 0.05) is 17.3 Å². The van der Waals surface area contributed by atoms with Gasteiger partial charge in [-0.3, -0.25) is 9.59 Å². The van der Waals surface area contributed by atoms with E-state index in [1.807, 2.05) is 32.1 Å². The Morgan fingerprint density at radius 2 is 1.80 bits per heavy atom. The summed E-state index contributed by atoms with van der Waals surface area (Å²) in [7, 11) is 0. The Kier molecular flexibility index (Phi) is 4.74. The van der Waals surface area contributed by atoms with Crippen molar-refractivity contribution in [3.8, 4) is 0 Å². The van der Waals surface area contributed by atoms with Crippen molar-refractivity contribution in [2.75, 3.05) is 6.54 Å². The summed E-state index contributed by atoms with van der Waals surface area (Å²) in [6.07, 6.45) is 2.42. The molecule has 2 aromatic carbocycles. The second-order valence-electron chi connectivity index (χ2n) is 6.24. The molecule has 1 aliphatic rings. The van der Waals surface area contributed by atoms with Gasteiger partial charge in [0.25, 0.3) is 11.8 Å². The summed E-state index contributed by atoms with van der Waals surface area (Å²) in [6, 6.07) is 9.33. The normalized spacial score (nSPS) is 15.8. The van der Waals surface area contributed by atoms with Gasteiger partial charge in [0.15, 0.2) is 0 Å². The van der Waals surface area contributed by atoms with Crippen molar-refractivity contribution < 1.29 is 14.0 Å². The maximum absolute atomic E-state index is 12.9. The highest BCUT2D eigenvalue weighted by Gasteiger charge is 2.19. The molecule has 0 bridgehead atoms. The van der Waals surface area contributed by atoms with Crippen LogP contribution >= 0.6 is 0 Å². The number of amides is 2. The highest BCUT2D eigenvalue weighted by Crippen LogP contribution is 2.10. The summed E-state index contributed by atoms with van der Waals surface area (Å²) < 4.78 is 12.9. The molecule has 0 spiro atoms. The lowest BCUT2D eigenvalue weighted by Crippen LogP contribution is -2.38. The topological polar surface area (TPSA) is 58.5 Å². The first-order valence-electron chi connectivity index (χ1n) is 8.20. The molecule has 25 heavy (non-hydrogen) atoms. The predicted octanol–water partition coefficient (Wildman–Crippen LogP) is 1.82. The van der Waals surface area contributed by atoms with E-state index in [-0.39, 0.29) is 23.5 Å². The molecule has 0 aliphatic carbocycles. The van der Waals surface area contributed by atoms with Gasteiger partial charge in [-0.25, -0.2) is 9.38 Å². The van der Waals surface area contributed by atoms with Crippen LogP contribution in [0.3, 0.4) is 0 Å². The third-order valence-electron chi connectivity index (χ3n) is 4.39. The minimum absolute atomic E-state index is 0.183. The van der Waals surface area contributed by atoms with E-state index in [1.54, 1.807) is 0 Å². The quantitative estimate of drug-likeness (QED) is 0.924. The molecule has 3 rings (SSSR count). The first-order chi connectivity index (χ1) is 12.0. The van der Waals surface area contributed by atoms with Crippen LogP contribution in [0.1, 0.15) is 27.9 Å². The molecule has 1 N–H and O–H groups in total. The average molecular weight is 338 g/mol. The van der Waals surface area contributed by atoms with Gasteiger partial charge >= 0.3 is 0 Å². The molecule has 0 fully saturated rings. The number of carbonyl (C=O) groups is 2. The standard InChI is InChI=1S/C20H19FN2O2/c1-12-3-4-13(2)18-17(12)11-15(20(25)23-18)9-10-22-19(24)14-5-7-16(21)8-6-14/h3-8,11,15H,9-10H2,1-2H3,(H,22,24). The molecule has 128 valence electrons. The lowest BCUT2D eigenvalue weighted by molar-refractivity contribution is -0.120. The van der Waals surface area contributed by atoms with Crippen molar-refractivity contribution in [2.24, 2.45) is 10.9 Å². The van der Waals surface area contributed by atoms with E-state index in [9.17, 15) is 14.0 Å². The Morgan fingerprint density at radius 1 is 1.12 bits per heavy atom. The van der Waals surface area contributed by atoms with Crippen LogP contribution in [-0.4, -0.2) is 18.4 Å². The van der Waals surface area contributed by atoms with Gasteiger partial charge in [0.05, 0.1) is 11.3 Å². The smallest absolute Gasteiger partial charge is 0.253 e. The maximum atomic E-state index is 12.9. The fourth-order valence-electron chi connectivity index (χ4n) is 2.89. The van der Waals surface area contributed by atoms with E-state index < -0.39 is 0 Å². The summed E-state index contributed by atoms with van der Waals surface area (Å²) in [5.41, 5.74) is 2.45. The van der Waals surface area contributed by atoms with Crippen LogP contribution in [0.5, 0.6) is 0 Å². The highest BCUT2D eigenvalue weighted by atomic mass is 19.1. The third kappa shape index (κ3) is 3.65. The van der Waals surface area contributed by atoms with Crippen molar-refractivity contribution in [1.29, 1.82) is 0 Å². The molecular weight excluding hydrogens is 319 g/mol. The van der Waals surface area contributed by atoms with Gasteiger partial charge in [-0.1, -0.05) is 18.2 Å². The molecular formula is C20H19FN2O2. The second-order valence-corrected chi connectivity index (χ2v) is 6.24. The molecule has 1 aliphatic heterocycles. The molecule has 0 saturated carbocycles. The third-order valence-corrected chi connectivity index (χ3v) is 4.39. The molecule has 2 aromatic rings. The Morgan fingerprint density at radius 3 is 2.52 bits per heavy atom. The Hall–Kier alpha value is -2.82. The molecule has 4 nitrogen and oxygen atoms in total. The van der Waals surface area contributed by atoms with Gasteiger partial charge in [0.1, 0.15) is 5.82 Å². The molecule has 0 radical (unpaired) electrons. The van der Waals surface area contributed by atoms with Crippen molar-refractivity contribution >= 4 is 17.9 Å². The summed E-state index contributed by atoms with van der Waals surface area (Å²) in [5, 5.41) is 4.50. The van der Waals surface area contributed by atoms with Gasteiger partial charge in [-0.15, -0.1) is 0 Å². The highest BCUT2D eigenvalue weighted by molar-refractivity contribution is 5.94. The molecule has 2 amide bonds. The predicted molar refractivity (Wildman–Crippen MR) is 93.0 cm³/mol. The number of hydrogen-bond acceptors (Lipinski definition) is 2. The lowest BCUT2D eigenvalue weighted by atomic mass is 9.97. The number of aryl methyl sites for hydroxylation is 2. The summed E-state index contributed by atoms with van der Waals surface area (Å²) >= 11 is 0. The van der Waals surface area contributed by atoms with Crippen LogP contribution in [0, 0.1) is 25.6 Å². The molecule has 1 unspecified atom stereocenters. The van der Waals surface area contributed by atoms with Crippen molar-refractivity contribution in [3.63, 3.8) is 0 Å². The number of hydrogen-bond donors (Lipinski definition) is 1. The Bertz CT molecular complexity index is 949. The number of nitrogens with one attached hydrogen (secondary N) is 1. The average Bonchev–Trinajstić information content (AvgIpc) is 2.60. The summed E-state index contributed by atoms with van der Waals surface area (Å²) in [6.45, 7) is 4.28. The van der Waals surface area contributed by atoms with E-state index in [1.165, 1.54) is 24.3 Å². The summed E-state index contributed by atoms with van der Waals surface area (Å²) in [5.74, 6) is -1.20. The van der Waals surface area contributed by atoms with E-state index in [0.717, 1.165) is 21.7 Å². The lowest BCUT2D eigenvalue weighted by Gasteiger charge is -2.14.